The lowest BCUT2D eigenvalue weighted by atomic mass is 9.37. The molecule has 0 amide bonds. The number of fused-ring (bicyclic) bond motifs is 5. The van der Waals surface area contributed by atoms with Gasteiger partial charge in [-0.25, -0.2) is 0 Å². The highest BCUT2D eigenvalue weighted by molar-refractivity contribution is 5.32. The topological polar surface area (TPSA) is 458 Å². The zero-order chi connectivity index (χ0) is 66.2. The standard InChI is InChI=1S/C63H108O27/c1-9-63-17-16-29(26(2)10-14-40(60(5,6)82)90-58-55(85-33-19-28(22-65)42(69)49(76)44(33)71)52(79)47(74)36(88-58)25-84-56-53(80)50(77)45(72)34(23-66)86-56)61(63,7)20-38(67)62(8)31-12-15-39(59(3,4)30(31)11-13-37(62)63)89-57-54(81)51(78)46(73)35(87-57)24-83-32-18-27(21-64)41(68)48(75)43(32)70/h11,26-29,31-58,64-82H,9-10,12-25H2,1-8H3/t26-,27-,28-,29?,31?,32+,33-,34-,35-,36-,37?,38-,39+,40-,41-,42-,43+,44+,45-,46-,47-,48+,49+,50+,51+,52+,53-,54-,55-,56+,57+,58+,61-,62+,63+/m1/s1. The van der Waals surface area contributed by atoms with Crippen molar-refractivity contribution < 1.29 is 135 Å². The highest BCUT2D eigenvalue weighted by Gasteiger charge is 2.71. The van der Waals surface area contributed by atoms with Crippen molar-refractivity contribution in [1.29, 1.82) is 0 Å². The van der Waals surface area contributed by atoms with Crippen molar-refractivity contribution in [3.8, 4) is 0 Å². The van der Waals surface area contributed by atoms with Gasteiger partial charge >= 0.3 is 0 Å². The smallest absolute Gasteiger partial charge is 0.187 e. The average molecular weight is 1300 g/mol. The maximum Gasteiger partial charge on any atom is 0.187 e. The Labute approximate surface area is 526 Å². The van der Waals surface area contributed by atoms with E-state index in [2.05, 4.69) is 47.6 Å². The molecule has 9 aliphatic rings. The zero-order valence-electron chi connectivity index (χ0n) is 53.1. The fraction of sp³-hybridized carbons (Fsp3) is 0.968. The first-order valence-corrected chi connectivity index (χ1v) is 32.8. The number of aliphatic hydroxyl groups is 19. The predicted molar refractivity (Wildman–Crippen MR) is 311 cm³/mol. The molecule has 0 radical (unpaired) electrons. The minimum atomic E-state index is -1.87. The van der Waals surface area contributed by atoms with Gasteiger partial charge in [-0.05, 0) is 119 Å². The van der Waals surface area contributed by atoms with Crippen LogP contribution >= 0.6 is 0 Å². The third-order valence-electron chi connectivity index (χ3n) is 24.2. The lowest BCUT2D eigenvalue weighted by molar-refractivity contribution is -0.354. The van der Waals surface area contributed by atoms with Gasteiger partial charge in [0.25, 0.3) is 0 Å². The molecule has 0 aromatic heterocycles. The van der Waals surface area contributed by atoms with Gasteiger partial charge in [-0.1, -0.05) is 53.2 Å². The van der Waals surface area contributed by atoms with Crippen LogP contribution in [0.15, 0.2) is 11.6 Å². The largest absolute Gasteiger partial charge is 0.396 e. The minimum Gasteiger partial charge on any atom is -0.396 e. The van der Waals surface area contributed by atoms with Crippen molar-refractivity contribution in [2.75, 3.05) is 33.0 Å². The maximum absolute atomic E-state index is 13.0. The molecule has 90 heavy (non-hydrogen) atoms. The van der Waals surface area contributed by atoms with E-state index >= 15 is 0 Å². The second kappa shape index (κ2) is 28.2. The van der Waals surface area contributed by atoms with Crippen molar-refractivity contribution in [3.05, 3.63) is 11.6 Å². The molecule has 0 aromatic carbocycles. The van der Waals surface area contributed by atoms with E-state index in [0.717, 1.165) is 24.8 Å². The van der Waals surface area contributed by atoms with Crippen molar-refractivity contribution in [2.24, 2.45) is 57.2 Å². The molecular formula is C63H108O27. The number of allylic oxidation sites excluding steroid dienone is 1. The van der Waals surface area contributed by atoms with Gasteiger partial charge in [-0.15, -0.1) is 0 Å². The molecule has 522 valence electrons. The maximum atomic E-state index is 13.0. The molecule has 27 nitrogen and oxygen atoms in total. The fourth-order valence-electron chi connectivity index (χ4n) is 18.5. The van der Waals surface area contributed by atoms with E-state index in [1.165, 1.54) is 0 Å². The van der Waals surface area contributed by atoms with Crippen LogP contribution in [-0.2, 0) is 37.9 Å². The summed E-state index contributed by atoms with van der Waals surface area (Å²) >= 11 is 0. The van der Waals surface area contributed by atoms with Gasteiger partial charge in [0.15, 0.2) is 18.9 Å². The van der Waals surface area contributed by atoms with Crippen LogP contribution < -0.4 is 0 Å². The van der Waals surface area contributed by atoms with E-state index < -0.39 is 214 Å². The summed E-state index contributed by atoms with van der Waals surface area (Å²) in [6, 6.07) is 0. The van der Waals surface area contributed by atoms with Gasteiger partial charge in [-0.3, -0.25) is 0 Å². The first-order valence-electron chi connectivity index (χ1n) is 32.8. The monoisotopic (exact) mass is 1300 g/mol. The molecule has 3 aliphatic heterocycles. The van der Waals surface area contributed by atoms with Gasteiger partial charge < -0.3 is 135 Å². The van der Waals surface area contributed by atoms with Crippen LogP contribution in [0.2, 0.25) is 0 Å². The van der Waals surface area contributed by atoms with Crippen molar-refractivity contribution in [3.63, 3.8) is 0 Å². The molecular weight excluding hydrogens is 1190 g/mol. The number of rotatable bonds is 21. The Morgan fingerprint density at radius 3 is 1.70 bits per heavy atom. The summed E-state index contributed by atoms with van der Waals surface area (Å²) in [6.07, 6.45) is -30.7. The molecule has 19 N–H and O–H groups in total. The van der Waals surface area contributed by atoms with E-state index in [1.54, 1.807) is 13.8 Å². The van der Waals surface area contributed by atoms with Crippen LogP contribution in [-0.4, -0.2) is 295 Å². The molecule has 35 atom stereocenters. The Kier molecular flexibility index (Phi) is 22.9. The quantitative estimate of drug-likeness (QED) is 0.0492. The van der Waals surface area contributed by atoms with Gasteiger partial charge in [0, 0.05) is 35.9 Å². The summed E-state index contributed by atoms with van der Waals surface area (Å²) in [7, 11) is 0. The Balaban J connectivity index is 0.894. The third-order valence-corrected chi connectivity index (χ3v) is 24.2. The Bertz CT molecular complexity index is 2360. The lowest BCUT2D eigenvalue weighted by Gasteiger charge is -2.68. The summed E-state index contributed by atoms with van der Waals surface area (Å²) in [4.78, 5) is 0. The van der Waals surface area contributed by atoms with Crippen LogP contribution in [0.5, 0.6) is 0 Å². The normalized spacial score (nSPS) is 51.3. The Morgan fingerprint density at radius 2 is 1.11 bits per heavy atom. The summed E-state index contributed by atoms with van der Waals surface area (Å²) in [5.74, 6) is -1.63. The molecule has 5 saturated carbocycles. The molecule has 9 rings (SSSR count). The van der Waals surface area contributed by atoms with E-state index in [-0.39, 0.29) is 60.4 Å². The van der Waals surface area contributed by atoms with Crippen LogP contribution in [0.1, 0.15) is 126 Å². The third kappa shape index (κ3) is 13.1. The number of ether oxygens (including phenoxy) is 8. The summed E-state index contributed by atoms with van der Waals surface area (Å²) in [5.41, 5.74) is -2.28. The van der Waals surface area contributed by atoms with Crippen LogP contribution in [0.4, 0.5) is 0 Å². The second-order valence-corrected chi connectivity index (χ2v) is 29.8. The highest BCUT2D eigenvalue weighted by Crippen LogP contribution is 2.76. The van der Waals surface area contributed by atoms with Gasteiger partial charge in [0.05, 0.1) is 68.1 Å². The van der Waals surface area contributed by atoms with Gasteiger partial charge in [0.2, 0.25) is 0 Å². The summed E-state index contributed by atoms with van der Waals surface area (Å²) in [6.45, 7) is 13.4. The van der Waals surface area contributed by atoms with Crippen molar-refractivity contribution in [1.82, 2.24) is 0 Å². The molecule has 0 spiro atoms. The molecule has 6 aliphatic carbocycles. The van der Waals surface area contributed by atoms with Crippen LogP contribution in [0, 0.1) is 57.2 Å². The molecule has 3 heterocycles. The van der Waals surface area contributed by atoms with Crippen LogP contribution in [0.25, 0.3) is 0 Å². The predicted octanol–water partition coefficient (Wildman–Crippen LogP) is -3.69. The van der Waals surface area contributed by atoms with E-state index in [0.29, 0.717) is 32.1 Å². The molecule has 0 aromatic rings. The zero-order valence-corrected chi connectivity index (χ0v) is 53.1. The van der Waals surface area contributed by atoms with Gasteiger partial charge in [0.1, 0.15) is 97.7 Å². The first kappa shape index (κ1) is 72.9. The van der Waals surface area contributed by atoms with Gasteiger partial charge in [-0.2, -0.15) is 0 Å². The minimum absolute atomic E-state index is 0.00181. The highest BCUT2D eigenvalue weighted by atomic mass is 16.7. The molecule has 27 heteroatoms. The fourth-order valence-corrected chi connectivity index (χ4v) is 18.5. The summed E-state index contributed by atoms with van der Waals surface area (Å²) < 4.78 is 49.1. The number of hydrogen-bond donors (Lipinski definition) is 19. The number of aliphatic hydroxyl groups excluding tert-OH is 18. The van der Waals surface area contributed by atoms with E-state index in [4.69, 9.17) is 37.9 Å². The summed E-state index contributed by atoms with van der Waals surface area (Å²) in [5, 5.41) is 207. The first-order chi connectivity index (χ1) is 42.2. The molecule has 3 unspecified atom stereocenters. The molecule has 0 bridgehead atoms. The Morgan fingerprint density at radius 1 is 0.578 bits per heavy atom. The second-order valence-electron chi connectivity index (χ2n) is 29.8. The molecule has 3 saturated heterocycles. The number of hydrogen-bond acceptors (Lipinski definition) is 27. The average Bonchev–Trinajstić information content (AvgIpc) is 1.30. The SMILES string of the molecule is CC[C@@]12CCC([C@H](C)CC[C@@H](O[C@@H]3O[C@H](CO[C@H]4O[C@H](CO)[C@@H](O)[C@H](O)[C@H]4O)[C@@H](O)[C@H](O)[C@H]3O[C@@H]3C[C@H](CO)[C@@H](O)[C@H](O)[C@H]3O)C(C)(C)O)[C@@]1(C)C[C@@H](O)[C@@]1(C)C3CC[C@H](O[C@@H]4O[C@H](CO[C@H]5C[C@H](CO)[C@@H](O)[C@H](O)[C@H]5O)[C@@H](O)[C@H](O)[C@H]4O)C(C)(C)C3=CCC12. The lowest BCUT2D eigenvalue weighted by Crippen LogP contribution is -2.65. The van der Waals surface area contributed by atoms with Crippen molar-refractivity contribution in [2.45, 2.75) is 291 Å². The van der Waals surface area contributed by atoms with E-state index in [1.807, 2.05) is 0 Å². The van der Waals surface area contributed by atoms with Crippen LogP contribution in [0.3, 0.4) is 0 Å². The van der Waals surface area contributed by atoms with E-state index in [9.17, 15) is 97.0 Å². The van der Waals surface area contributed by atoms with Crippen molar-refractivity contribution >= 4 is 0 Å². The molecule has 8 fully saturated rings. The Hall–Kier alpha value is -1.34.